The highest BCUT2D eigenvalue weighted by atomic mass is 16.5. The predicted octanol–water partition coefficient (Wildman–Crippen LogP) is 4.78. The van der Waals surface area contributed by atoms with Crippen molar-refractivity contribution < 1.29 is 4.74 Å². The number of ether oxygens (including phenoxy) is 1. The third kappa shape index (κ3) is 3.48. The van der Waals surface area contributed by atoms with Crippen LogP contribution in [-0.4, -0.2) is 6.10 Å². The standard InChI is InChI=1S/C27H26N2O/c28-21-9-4-5-12-25-23(11-6-10-21)27(18-7-2-1-3-8-18)24-16-20-15-22(29)14-13-19(20)17-26(24)30-25/h1-17,19-20,23,25,27H,28-29H2/b9-4-,11-6+,12-5+,21-10+. The van der Waals surface area contributed by atoms with Gasteiger partial charge in [-0.3, -0.25) is 0 Å². The van der Waals surface area contributed by atoms with Gasteiger partial charge in [-0.05, 0) is 41.5 Å². The van der Waals surface area contributed by atoms with E-state index < -0.39 is 0 Å². The summed E-state index contributed by atoms with van der Waals surface area (Å²) in [5.41, 5.74) is 16.2. The lowest BCUT2D eigenvalue weighted by molar-refractivity contribution is 0.0871. The Morgan fingerprint density at radius 1 is 0.733 bits per heavy atom. The minimum absolute atomic E-state index is 0.0584. The van der Waals surface area contributed by atoms with E-state index in [2.05, 4.69) is 72.9 Å². The normalized spacial score (nSPS) is 36.7. The zero-order valence-electron chi connectivity index (χ0n) is 16.8. The highest BCUT2D eigenvalue weighted by Gasteiger charge is 2.41. The zero-order valence-corrected chi connectivity index (χ0v) is 16.8. The molecule has 1 heterocycles. The van der Waals surface area contributed by atoms with Crippen molar-refractivity contribution in [1.82, 2.24) is 0 Å². The molecule has 0 spiro atoms. The molecule has 1 saturated heterocycles. The summed E-state index contributed by atoms with van der Waals surface area (Å²) in [6.45, 7) is 0. The van der Waals surface area contributed by atoms with E-state index in [0.717, 1.165) is 17.2 Å². The second-order valence-electron chi connectivity index (χ2n) is 8.18. The van der Waals surface area contributed by atoms with Crippen LogP contribution in [0.4, 0.5) is 0 Å². The van der Waals surface area contributed by atoms with Crippen molar-refractivity contribution in [3.8, 4) is 0 Å². The molecule has 0 aromatic heterocycles. The summed E-state index contributed by atoms with van der Waals surface area (Å²) in [5, 5.41) is 0. The topological polar surface area (TPSA) is 61.3 Å². The van der Waals surface area contributed by atoms with Crippen LogP contribution in [0, 0.1) is 17.8 Å². The van der Waals surface area contributed by atoms with Gasteiger partial charge in [0.05, 0.1) is 0 Å². The number of hydrogen-bond acceptors (Lipinski definition) is 3. The number of nitrogens with two attached hydrogens (primary N) is 2. The van der Waals surface area contributed by atoms with Crippen LogP contribution in [0.1, 0.15) is 11.5 Å². The fourth-order valence-electron chi connectivity index (χ4n) is 4.75. The van der Waals surface area contributed by atoms with Gasteiger partial charge < -0.3 is 16.2 Å². The van der Waals surface area contributed by atoms with Gasteiger partial charge >= 0.3 is 0 Å². The zero-order chi connectivity index (χ0) is 20.5. The molecule has 5 rings (SSSR count). The lowest BCUT2D eigenvalue weighted by atomic mass is 9.70. The number of hydrogen-bond donors (Lipinski definition) is 2. The molecular weight excluding hydrogens is 368 g/mol. The van der Waals surface area contributed by atoms with E-state index in [1.54, 1.807) is 0 Å². The Labute approximate surface area is 177 Å². The van der Waals surface area contributed by atoms with Crippen molar-refractivity contribution in [2.75, 3.05) is 0 Å². The molecule has 1 fully saturated rings. The van der Waals surface area contributed by atoms with Crippen LogP contribution in [0.2, 0.25) is 0 Å². The van der Waals surface area contributed by atoms with Crippen molar-refractivity contribution >= 4 is 0 Å². The van der Waals surface area contributed by atoms with E-state index in [-0.39, 0.29) is 29.8 Å². The first-order valence-electron chi connectivity index (χ1n) is 10.5. The van der Waals surface area contributed by atoms with Gasteiger partial charge in [-0.25, -0.2) is 0 Å². The van der Waals surface area contributed by atoms with Crippen molar-refractivity contribution in [3.05, 3.63) is 132 Å². The van der Waals surface area contributed by atoms with Crippen LogP contribution in [0.3, 0.4) is 0 Å². The predicted molar refractivity (Wildman–Crippen MR) is 122 cm³/mol. The molecule has 0 bridgehead atoms. The molecule has 1 aromatic carbocycles. The average molecular weight is 395 g/mol. The van der Waals surface area contributed by atoms with E-state index in [1.807, 2.05) is 30.4 Å². The molecule has 150 valence electrons. The second kappa shape index (κ2) is 7.75. The van der Waals surface area contributed by atoms with Crippen molar-refractivity contribution in [2.24, 2.45) is 29.2 Å². The first kappa shape index (κ1) is 18.6. The Morgan fingerprint density at radius 3 is 2.47 bits per heavy atom. The van der Waals surface area contributed by atoms with Gasteiger partial charge in [0.2, 0.25) is 0 Å². The minimum atomic E-state index is -0.0584. The van der Waals surface area contributed by atoms with Gasteiger partial charge in [0.15, 0.2) is 0 Å². The van der Waals surface area contributed by atoms with Crippen LogP contribution in [0.5, 0.6) is 0 Å². The summed E-state index contributed by atoms with van der Waals surface area (Å²) in [5.74, 6) is 1.87. The number of benzene rings is 1. The molecule has 1 aliphatic heterocycles. The van der Waals surface area contributed by atoms with Gasteiger partial charge in [0.1, 0.15) is 11.9 Å². The average Bonchev–Trinajstić information content (AvgIpc) is 2.76. The fraction of sp³-hybridized carbons (Fsp3) is 0.185. The number of rotatable bonds is 1. The van der Waals surface area contributed by atoms with E-state index in [1.165, 1.54) is 11.1 Å². The minimum Gasteiger partial charge on any atom is -0.486 e. The van der Waals surface area contributed by atoms with Crippen LogP contribution >= 0.6 is 0 Å². The van der Waals surface area contributed by atoms with E-state index in [4.69, 9.17) is 16.2 Å². The molecule has 3 aliphatic carbocycles. The molecule has 1 aromatic rings. The Morgan fingerprint density at radius 2 is 1.60 bits per heavy atom. The summed E-state index contributed by atoms with van der Waals surface area (Å²) in [6, 6.07) is 10.7. The summed E-state index contributed by atoms with van der Waals surface area (Å²) in [4.78, 5) is 0. The molecule has 0 radical (unpaired) electrons. The molecule has 5 unspecified atom stereocenters. The molecule has 4 aliphatic rings. The maximum Gasteiger partial charge on any atom is 0.124 e. The lowest BCUT2D eigenvalue weighted by Gasteiger charge is -2.42. The maximum absolute atomic E-state index is 6.56. The quantitative estimate of drug-likeness (QED) is 0.721. The Kier molecular flexibility index (Phi) is 4.80. The summed E-state index contributed by atoms with van der Waals surface area (Å²) >= 11 is 0. The molecule has 4 N–H and O–H groups in total. The number of allylic oxidation sites excluding steroid dienone is 11. The molecule has 3 heteroatoms. The molecule has 5 atom stereocenters. The first-order valence-corrected chi connectivity index (χ1v) is 10.5. The molecule has 0 amide bonds. The number of fused-ring (bicyclic) bond motifs is 3. The van der Waals surface area contributed by atoms with Crippen LogP contribution in [0.25, 0.3) is 0 Å². The Bertz CT molecular complexity index is 1070. The van der Waals surface area contributed by atoms with E-state index in [0.29, 0.717) is 0 Å². The van der Waals surface area contributed by atoms with Gasteiger partial charge in [0.25, 0.3) is 0 Å². The van der Waals surface area contributed by atoms with Crippen molar-refractivity contribution in [1.29, 1.82) is 0 Å². The second-order valence-corrected chi connectivity index (χ2v) is 8.18. The summed E-state index contributed by atoms with van der Waals surface area (Å²) in [7, 11) is 0. The van der Waals surface area contributed by atoms with Gasteiger partial charge in [-0.2, -0.15) is 0 Å². The van der Waals surface area contributed by atoms with Gasteiger partial charge in [-0.15, -0.1) is 0 Å². The Hall–Kier alpha value is -3.46. The van der Waals surface area contributed by atoms with Crippen molar-refractivity contribution in [2.45, 2.75) is 12.0 Å². The molecule has 30 heavy (non-hydrogen) atoms. The fourth-order valence-corrected chi connectivity index (χ4v) is 4.75. The summed E-state index contributed by atoms with van der Waals surface area (Å²) in [6.07, 6.45) is 25.1. The van der Waals surface area contributed by atoms with Gasteiger partial charge in [0, 0.05) is 35.1 Å². The van der Waals surface area contributed by atoms with Crippen LogP contribution in [0.15, 0.2) is 126 Å². The smallest absolute Gasteiger partial charge is 0.124 e. The maximum atomic E-state index is 6.56. The first-order chi connectivity index (χ1) is 14.7. The largest absolute Gasteiger partial charge is 0.486 e. The Balaban J connectivity index is 1.64. The highest BCUT2D eigenvalue weighted by Crippen LogP contribution is 2.49. The molecule has 0 saturated carbocycles. The van der Waals surface area contributed by atoms with Gasteiger partial charge in [-0.1, -0.05) is 72.9 Å². The molecule has 3 nitrogen and oxygen atoms in total. The highest BCUT2D eigenvalue weighted by molar-refractivity contribution is 5.49. The van der Waals surface area contributed by atoms with E-state index >= 15 is 0 Å². The van der Waals surface area contributed by atoms with Crippen LogP contribution in [-0.2, 0) is 4.74 Å². The monoisotopic (exact) mass is 394 g/mol. The third-order valence-corrected chi connectivity index (χ3v) is 6.18. The molecular formula is C27H26N2O. The SMILES string of the molecule is NC1=CC2C=C3C(=CC2C=C1)OC1/C=C/C=C\C(N)=C/C=C/C1C3c1ccccc1. The van der Waals surface area contributed by atoms with Crippen molar-refractivity contribution in [3.63, 3.8) is 0 Å². The van der Waals surface area contributed by atoms with E-state index in [9.17, 15) is 0 Å². The third-order valence-electron chi connectivity index (χ3n) is 6.18. The summed E-state index contributed by atoms with van der Waals surface area (Å²) < 4.78 is 6.56. The van der Waals surface area contributed by atoms with Crippen LogP contribution < -0.4 is 11.5 Å². The lowest BCUT2D eigenvalue weighted by Crippen LogP contribution is -2.36.